The molecule has 0 aromatic heterocycles. The van der Waals surface area contributed by atoms with Gasteiger partial charge in [0.15, 0.2) is 11.5 Å². The second-order valence-corrected chi connectivity index (χ2v) is 11.1. The van der Waals surface area contributed by atoms with Crippen LogP contribution in [0, 0.1) is 6.92 Å². The van der Waals surface area contributed by atoms with E-state index < -0.39 is 10.0 Å². The van der Waals surface area contributed by atoms with Crippen molar-refractivity contribution >= 4 is 33.4 Å². The van der Waals surface area contributed by atoms with Gasteiger partial charge in [0.25, 0.3) is 10.0 Å². The van der Waals surface area contributed by atoms with Crippen LogP contribution in [0.25, 0.3) is 0 Å². The van der Waals surface area contributed by atoms with Gasteiger partial charge in [0, 0.05) is 18.4 Å². The van der Waals surface area contributed by atoms with Crippen LogP contribution in [-0.2, 0) is 20.6 Å². The van der Waals surface area contributed by atoms with Gasteiger partial charge in [0.2, 0.25) is 5.91 Å². The highest BCUT2D eigenvalue weighted by molar-refractivity contribution is 7.98. The van der Waals surface area contributed by atoms with Crippen molar-refractivity contribution in [2.24, 2.45) is 0 Å². The number of nitrogens with zero attached hydrogens (tertiary/aromatic N) is 1. The molecule has 1 amide bonds. The van der Waals surface area contributed by atoms with Gasteiger partial charge in [-0.3, -0.25) is 9.10 Å². The number of aryl methyl sites for hydroxylation is 1. The number of benzene rings is 3. The van der Waals surface area contributed by atoms with E-state index in [9.17, 15) is 13.2 Å². The second kappa shape index (κ2) is 13.2. The van der Waals surface area contributed by atoms with Crippen LogP contribution >= 0.6 is 11.8 Å². The Bertz CT molecular complexity index is 1250. The van der Waals surface area contributed by atoms with Gasteiger partial charge in [-0.05, 0) is 48.9 Å². The maximum Gasteiger partial charge on any atom is 0.264 e. The fraction of sp³-hybridized carbons (Fsp3) is 0.296. The molecule has 3 aromatic rings. The number of methoxy groups -OCH3 is 2. The lowest BCUT2D eigenvalue weighted by atomic mass is 10.2. The lowest BCUT2D eigenvalue weighted by Crippen LogP contribution is -2.41. The van der Waals surface area contributed by atoms with Crippen LogP contribution in [0.4, 0.5) is 5.69 Å². The fourth-order valence-corrected chi connectivity index (χ4v) is 5.94. The molecular weight excluding hydrogens is 496 g/mol. The van der Waals surface area contributed by atoms with Gasteiger partial charge in [-0.2, -0.15) is 11.8 Å². The van der Waals surface area contributed by atoms with Crippen molar-refractivity contribution in [3.8, 4) is 11.5 Å². The maximum atomic E-state index is 13.5. The highest BCUT2D eigenvalue weighted by Gasteiger charge is 2.28. The number of hydrogen-bond donors (Lipinski definition) is 1. The van der Waals surface area contributed by atoms with Crippen LogP contribution in [0.3, 0.4) is 0 Å². The molecule has 0 aliphatic rings. The summed E-state index contributed by atoms with van der Waals surface area (Å²) in [6, 6.07) is 21.2. The standard InChI is InChI=1S/C27H32N2O5S2/c1-21-9-7-10-22(17-21)20-35-16-8-15-28-27(30)19-29(36(31,32)24-11-5-4-6-12-24)23-13-14-25(33-2)26(18-23)34-3/h4-7,9-14,17-18H,8,15-16,19-20H2,1-3H3,(H,28,30). The van der Waals surface area contributed by atoms with Crippen LogP contribution in [0.2, 0.25) is 0 Å². The first-order valence-corrected chi connectivity index (χ1v) is 14.1. The summed E-state index contributed by atoms with van der Waals surface area (Å²) < 4.78 is 38.6. The number of thioether (sulfide) groups is 1. The number of carbonyl (C=O) groups is 1. The summed E-state index contributed by atoms with van der Waals surface area (Å²) in [5.74, 6) is 2.25. The van der Waals surface area contributed by atoms with E-state index in [0.717, 1.165) is 22.2 Å². The Morgan fingerprint density at radius 2 is 1.69 bits per heavy atom. The highest BCUT2D eigenvalue weighted by Crippen LogP contribution is 2.33. The van der Waals surface area contributed by atoms with Crippen molar-refractivity contribution in [3.63, 3.8) is 0 Å². The van der Waals surface area contributed by atoms with Crippen LogP contribution in [-0.4, -0.2) is 47.4 Å². The molecule has 7 nitrogen and oxygen atoms in total. The van der Waals surface area contributed by atoms with Gasteiger partial charge in [0.05, 0.1) is 24.8 Å². The number of anilines is 1. The summed E-state index contributed by atoms with van der Waals surface area (Å²) in [7, 11) is -1.02. The zero-order valence-corrected chi connectivity index (χ0v) is 22.4. The van der Waals surface area contributed by atoms with Crippen molar-refractivity contribution < 1.29 is 22.7 Å². The first kappa shape index (κ1) is 27.4. The Morgan fingerprint density at radius 1 is 0.944 bits per heavy atom. The molecule has 0 aliphatic heterocycles. The minimum atomic E-state index is -4.00. The van der Waals surface area contributed by atoms with Crippen molar-refractivity contribution in [2.45, 2.75) is 24.0 Å². The molecule has 0 aliphatic carbocycles. The smallest absolute Gasteiger partial charge is 0.264 e. The molecule has 0 radical (unpaired) electrons. The van der Waals surface area contributed by atoms with Crippen LogP contribution in [0.1, 0.15) is 17.5 Å². The van der Waals surface area contributed by atoms with E-state index >= 15 is 0 Å². The van der Waals surface area contributed by atoms with Crippen LogP contribution < -0.4 is 19.1 Å². The third kappa shape index (κ3) is 7.41. The summed E-state index contributed by atoms with van der Waals surface area (Å²) in [5.41, 5.74) is 2.82. The molecule has 0 atom stereocenters. The summed E-state index contributed by atoms with van der Waals surface area (Å²) in [6.45, 7) is 2.18. The van der Waals surface area contributed by atoms with Crippen molar-refractivity contribution in [1.29, 1.82) is 0 Å². The average Bonchev–Trinajstić information content (AvgIpc) is 2.89. The Hall–Kier alpha value is -3.17. The number of rotatable bonds is 13. The fourth-order valence-electron chi connectivity index (χ4n) is 3.60. The predicted octanol–water partition coefficient (Wildman–Crippen LogP) is 4.65. The molecule has 0 heterocycles. The second-order valence-electron chi connectivity index (χ2n) is 8.11. The van der Waals surface area contributed by atoms with E-state index in [0.29, 0.717) is 23.7 Å². The highest BCUT2D eigenvalue weighted by atomic mass is 32.2. The molecule has 1 N–H and O–H groups in total. The molecule has 0 bridgehead atoms. The lowest BCUT2D eigenvalue weighted by Gasteiger charge is -2.25. The molecular formula is C27H32N2O5S2. The van der Waals surface area contributed by atoms with E-state index in [1.165, 1.54) is 37.5 Å². The Morgan fingerprint density at radius 3 is 2.39 bits per heavy atom. The van der Waals surface area contributed by atoms with Crippen molar-refractivity contribution in [3.05, 3.63) is 83.9 Å². The first-order chi connectivity index (χ1) is 17.3. The van der Waals surface area contributed by atoms with Crippen LogP contribution in [0.15, 0.2) is 77.7 Å². The quantitative estimate of drug-likeness (QED) is 0.325. The molecule has 3 rings (SSSR count). The largest absolute Gasteiger partial charge is 0.493 e. The third-order valence-electron chi connectivity index (χ3n) is 5.41. The zero-order chi connectivity index (χ0) is 26.0. The maximum absolute atomic E-state index is 13.5. The minimum absolute atomic E-state index is 0.0973. The van der Waals surface area contributed by atoms with E-state index in [4.69, 9.17) is 9.47 Å². The van der Waals surface area contributed by atoms with Crippen LogP contribution in [0.5, 0.6) is 11.5 Å². The van der Waals surface area contributed by atoms with Crippen molar-refractivity contribution in [1.82, 2.24) is 5.32 Å². The molecule has 192 valence electrons. The number of hydrogen-bond acceptors (Lipinski definition) is 6. The third-order valence-corrected chi connectivity index (χ3v) is 8.32. The number of carbonyl (C=O) groups excluding carboxylic acids is 1. The summed E-state index contributed by atoms with van der Waals surface area (Å²) in [4.78, 5) is 12.9. The summed E-state index contributed by atoms with van der Waals surface area (Å²) in [5, 5.41) is 2.85. The van der Waals surface area contributed by atoms with Gasteiger partial charge in [0.1, 0.15) is 6.54 Å². The molecule has 0 fully saturated rings. The topological polar surface area (TPSA) is 84.9 Å². The van der Waals surface area contributed by atoms with E-state index in [-0.39, 0.29) is 17.3 Å². The summed E-state index contributed by atoms with van der Waals surface area (Å²) >= 11 is 1.80. The Kier molecular flexibility index (Phi) is 10.1. The van der Waals surface area contributed by atoms with Crippen molar-refractivity contribution in [2.75, 3.05) is 37.4 Å². The first-order valence-electron chi connectivity index (χ1n) is 11.5. The predicted molar refractivity (Wildman–Crippen MR) is 145 cm³/mol. The molecule has 36 heavy (non-hydrogen) atoms. The normalized spacial score (nSPS) is 11.1. The minimum Gasteiger partial charge on any atom is -0.493 e. The van der Waals surface area contributed by atoms with Gasteiger partial charge in [-0.25, -0.2) is 8.42 Å². The molecule has 3 aromatic carbocycles. The SMILES string of the molecule is COc1ccc(N(CC(=O)NCCCSCc2cccc(C)c2)S(=O)(=O)c2ccccc2)cc1OC. The number of nitrogens with one attached hydrogen (secondary N) is 1. The van der Waals surface area contributed by atoms with Gasteiger partial charge in [-0.15, -0.1) is 0 Å². The number of sulfonamides is 1. The van der Waals surface area contributed by atoms with Gasteiger partial charge >= 0.3 is 0 Å². The molecule has 0 unspecified atom stereocenters. The lowest BCUT2D eigenvalue weighted by molar-refractivity contribution is -0.119. The number of amides is 1. The summed E-state index contributed by atoms with van der Waals surface area (Å²) in [6.07, 6.45) is 0.782. The monoisotopic (exact) mass is 528 g/mol. The van der Waals surface area contributed by atoms with Gasteiger partial charge < -0.3 is 14.8 Å². The molecule has 9 heteroatoms. The Balaban J connectivity index is 1.64. The zero-order valence-electron chi connectivity index (χ0n) is 20.8. The molecule has 0 saturated heterocycles. The molecule has 0 spiro atoms. The molecule has 0 saturated carbocycles. The van der Waals surface area contributed by atoms with E-state index in [1.54, 1.807) is 48.2 Å². The Labute approximate surface area is 217 Å². The average molecular weight is 529 g/mol. The van der Waals surface area contributed by atoms with E-state index in [1.807, 2.05) is 0 Å². The van der Waals surface area contributed by atoms with Gasteiger partial charge in [-0.1, -0.05) is 48.0 Å². The number of ether oxygens (including phenoxy) is 2. The van der Waals surface area contributed by atoms with E-state index in [2.05, 4.69) is 36.5 Å².